The summed E-state index contributed by atoms with van der Waals surface area (Å²) in [4.78, 5) is 2.55. The standard InChI is InChI=1S/C13H21N/c1-2-3-4-5-6-7-8-11-14-12-9-10-13-14/h2-4,6-7H,1,5,8-13H2/b4-3-,7-6-. The summed E-state index contributed by atoms with van der Waals surface area (Å²) >= 11 is 0. The van der Waals surface area contributed by atoms with Crippen LogP contribution >= 0.6 is 0 Å². The highest BCUT2D eigenvalue weighted by Crippen LogP contribution is 2.07. The van der Waals surface area contributed by atoms with Gasteiger partial charge in [0.1, 0.15) is 0 Å². The second kappa shape index (κ2) is 7.57. The van der Waals surface area contributed by atoms with Crippen LogP contribution in [0.5, 0.6) is 0 Å². The van der Waals surface area contributed by atoms with Crippen LogP contribution in [-0.4, -0.2) is 24.5 Å². The summed E-state index contributed by atoms with van der Waals surface area (Å²) in [6, 6.07) is 0. The number of rotatable bonds is 6. The van der Waals surface area contributed by atoms with Gasteiger partial charge in [0.25, 0.3) is 0 Å². The summed E-state index contributed by atoms with van der Waals surface area (Å²) < 4.78 is 0. The molecule has 0 N–H and O–H groups in total. The first-order chi connectivity index (χ1) is 6.93. The van der Waals surface area contributed by atoms with Crippen molar-refractivity contribution in [3.05, 3.63) is 37.0 Å². The van der Waals surface area contributed by atoms with E-state index in [2.05, 4.69) is 29.7 Å². The fourth-order valence-electron chi connectivity index (χ4n) is 1.73. The monoisotopic (exact) mass is 191 g/mol. The number of nitrogens with zero attached hydrogens (tertiary/aromatic N) is 1. The Hall–Kier alpha value is -0.820. The molecule has 0 atom stereocenters. The molecule has 0 saturated carbocycles. The van der Waals surface area contributed by atoms with Gasteiger partial charge in [-0.15, -0.1) is 0 Å². The molecule has 0 radical (unpaired) electrons. The van der Waals surface area contributed by atoms with Gasteiger partial charge >= 0.3 is 0 Å². The largest absolute Gasteiger partial charge is 0.303 e. The molecular formula is C13H21N. The van der Waals surface area contributed by atoms with Crippen molar-refractivity contribution >= 4 is 0 Å². The molecule has 1 saturated heterocycles. The molecule has 0 spiro atoms. The third-order valence-electron chi connectivity index (χ3n) is 2.52. The number of hydrogen-bond donors (Lipinski definition) is 0. The van der Waals surface area contributed by atoms with Gasteiger partial charge in [-0.3, -0.25) is 0 Å². The summed E-state index contributed by atoms with van der Waals surface area (Å²) in [7, 11) is 0. The minimum Gasteiger partial charge on any atom is -0.303 e. The first-order valence-electron chi connectivity index (χ1n) is 5.58. The highest BCUT2D eigenvalue weighted by molar-refractivity contribution is 5.01. The molecule has 1 heterocycles. The minimum atomic E-state index is 1.03. The maximum absolute atomic E-state index is 3.63. The average molecular weight is 191 g/mol. The van der Waals surface area contributed by atoms with Crippen molar-refractivity contribution in [3.8, 4) is 0 Å². The highest BCUT2D eigenvalue weighted by atomic mass is 15.1. The molecule has 0 aromatic heterocycles. The summed E-state index contributed by atoms with van der Waals surface area (Å²) in [6.07, 6.45) is 15.5. The van der Waals surface area contributed by atoms with Crippen molar-refractivity contribution in [1.29, 1.82) is 0 Å². The third kappa shape index (κ3) is 5.03. The molecule has 14 heavy (non-hydrogen) atoms. The molecule has 1 heteroatoms. The van der Waals surface area contributed by atoms with E-state index in [4.69, 9.17) is 0 Å². The Bertz CT molecular complexity index is 197. The van der Waals surface area contributed by atoms with E-state index in [1.54, 1.807) is 0 Å². The SMILES string of the molecule is C=C/C=C\C/C=C\CCN1CCCC1. The Morgan fingerprint density at radius 1 is 1.07 bits per heavy atom. The van der Waals surface area contributed by atoms with Crippen molar-refractivity contribution < 1.29 is 0 Å². The lowest BCUT2D eigenvalue weighted by molar-refractivity contribution is 0.346. The van der Waals surface area contributed by atoms with E-state index in [-0.39, 0.29) is 0 Å². The van der Waals surface area contributed by atoms with Gasteiger partial charge in [0.05, 0.1) is 0 Å². The quantitative estimate of drug-likeness (QED) is 0.460. The Morgan fingerprint density at radius 3 is 2.57 bits per heavy atom. The zero-order valence-corrected chi connectivity index (χ0v) is 8.99. The van der Waals surface area contributed by atoms with E-state index in [0.717, 1.165) is 6.42 Å². The molecule has 1 aliphatic heterocycles. The molecule has 1 aliphatic rings. The van der Waals surface area contributed by atoms with Crippen molar-refractivity contribution in [2.45, 2.75) is 25.7 Å². The lowest BCUT2D eigenvalue weighted by Gasteiger charge is -2.11. The van der Waals surface area contributed by atoms with Gasteiger partial charge in [-0.1, -0.05) is 37.0 Å². The summed E-state index contributed by atoms with van der Waals surface area (Å²) in [5.41, 5.74) is 0. The Balaban J connectivity index is 1.96. The van der Waals surface area contributed by atoms with Gasteiger partial charge in [-0.25, -0.2) is 0 Å². The number of allylic oxidation sites excluding steroid dienone is 4. The van der Waals surface area contributed by atoms with Crippen LogP contribution in [0.4, 0.5) is 0 Å². The second-order valence-electron chi connectivity index (χ2n) is 3.71. The molecule has 0 unspecified atom stereocenters. The van der Waals surface area contributed by atoms with Crippen LogP contribution in [0.3, 0.4) is 0 Å². The summed E-state index contributed by atoms with van der Waals surface area (Å²) in [5, 5.41) is 0. The van der Waals surface area contributed by atoms with Crippen LogP contribution in [0, 0.1) is 0 Å². The lowest BCUT2D eigenvalue weighted by atomic mass is 10.3. The van der Waals surface area contributed by atoms with Crippen molar-refractivity contribution in [3.63, 3.8) is 0 Å². The average Bonchev–Trinajstić information content (AvgIpc) is 2.69. The van der Waals surface area contributed by atoms with Gasteiger partial charge in [-0.05, 0) is 38.8 Å². The predicted octanol–water partition coefficient (Wildman–Crippen LogP) is 3.16. The van der Waals surface area contributed by atoms with E-state index in [1.807, 2.05) is 12.2 Å². The minimum absolute atomic E-state index is 1.03. The van der Waals surface area contributed by atoms with Crippen molar-refractivity contribution in [2.75, 3.05) is 19.6 Å². The zero-order chi connectivity index (χ0) is 10.1. The maximum atomic E-state index is 3.63. The number of hydrogen-bond acceptors (Lipinski definition) is 1. The van der Waals surface area contributed by atoms with Crippen LogP contribution in [0.2, 0.25) is 0 Å². The molecule has 0 aromatic rings. The van der Waals surface area contributed by atoms with Crippen LogP contribution in [0.1, 0.15) is 25.7 Å². The van der Waals surface area contributed by atoms with Crippen LogP contribution in [0.25, 0.3) is 0 Å². The fourth-order valence-corrected chi connectivity index (χ4v) is 1.73. The smallest absolute Gasteiger partial charge is 0.00159 e. The molecule has 1 rings (SSSR count). The van der Waals surface area contributed by atoms with Crippen LogP contribution < -0.4 is 0 Å². The van der Waals surface area contributed by atoms with Crippen LogP contribution in [0.15, 0.2) is 37.0 Å². The number of likely N-dealkylation sites (tertiary alicyclic amines) is 1. The fraction of sp³-hybridized carbons (Fsp3) is 0.538. The van der Waals surface area contributed by atoms with Gasteiger partial charge in [0, 0.05) is 6.54 Å². The van der Waals surface area contributed by atoms with E-state index in [9.17, 15) is 0 Å². The van der Waals surface area contributed by atoms with Gasteiger partial charge in [0.15, 0.2) is 0 Å². The predicted molar refractivity (Wildman–Crippen MR) is 63.4 cm³/mol. The third-order valence-corrected chi connectivity index (χ3v) is 2.52. The van der Waals surface area contributed by atoms with Gasteiger partial charge in [0.2, 0.25) is 0 Å². The molecule has 0 aromatic carbocycles. The molecule has 0 bridgehead atoms. The Labute approximate surface area is 87.8 Å². The summed E-state index contributed by atoms with van der Waals surface area (Å²) in [5.74, 6) is 0. The van der Waals surface area contributed by atoms with E-state index in [1.165, 1.54) is 38.9 Å². The molecule has 0 amide bonds. The topological polar surface area (TPSA) is 3.24 Å². The van der Waals surface area contributed by atoms with E-state index in [0.29, 0.717) is 0 Å². The maximum Gasteiger partial charge on any atom is 0.00159 e. The molecule has 78 valence electrons. The van der Waals surface area contributed by atoms with Crippen molar-refractivity contribution in [2.24, 2.45) is 0 Å². The molecule has 1 nitrogen and oxygen atoms in total. The van der Waals surface area contributed by atoms with E-state index < -0.39 is 0 Å². The summed E-state index contributed by atoms with van der Waals surface area (Å²) in [6.45, 7) is 7.49. The first kappa shape index (κ1) is 11.3. The van der Waals surface area contributed by atoms with Crippen LogP contribution in [-0.2, 0) is 0 Å². The first-order valence-corrected chi connectivity index (χ1v) is 5.58. The second-order valence-corrected chi connectivity index (χ2v) is 3.71. The normalized spacial score (nSPS) is 18.6. The highest BCUT2D eigenvalue weighted by Gasteiger charge is 2.08. The Morgan fingerprint density at radius 2 is 1.86 bits per heavy atom. The molecule has 0 aliphatic carbocycles. The van der Waals surface area contributed by atoms with Gasteiger partial charge in [-0.2, -0.15) is 0 Å². The zero-order valence-electron chi connectivity index (χ0n) is 8.99. The molecule has 1 fully saturated rings. The van der Waals surface area contributed by atoms with Crippen molar-refractivity contribution in [1.82, 2.24) is 4.90 Å². The van der Waals surface area contributed by atoms with E-state index >= 15 is 0 Å². The van der Waals surface area contributed by atoms with Gasteiger partial charge < -0.3 is 4.90 Å². The lowest BCUT2D eigenvalue weighted by Crippen LogP contribution is -2.19. The molecular weight excluding hydrogens is 170 g/mol. The Kier molecular flexibility index (Phi) is 6.09.